The fourth-order valence-corrected chi connectivity index (χ4v) is 1.26. The number of carboxylic acid groups (broad SMARTS) is 1. The highest BCUT2D eigenvalue weighted by Crippen LogP contribution is 2.04. The molecule has 1 rings (SSSR count). The Labute approximate surface area is 106 Å². The van der Waals surface area contributed by atoms with Crippen molar-refractivity contribution in [1.29, 1.82) is 0 Å². The second kappa shape index (κ2) is 7.11. The van der Waals surface area contributed by atoms with E-state index in [-0.39, 0.29) is 11.6 Å². The molecule has 5 heteroatoms. The van der Waals surface area contributed by atoms with Crippen molar-refractivity contribution in [2.75, 3.05) is 11.9 Å². The number of urea groups is 1. The minimum Gasteiger partial charge on any atom is -0.478 e. The van der Waals surface area contributed by atoms with Gasteiger partial charge in [0.15, 0.2) is 0 Å². The largest absolute Gasteiger partial charge is 0.478 e. The van der Waals surface area contributed by atoms with Crippen molar-refractivity contribution in [3.63, 3.8) is 0 Å². The first-order valence-corrected chi connectivity index (χ1v) is 5.59. The number of carboxylic acids is 1. The Morgan fingerprint density at radius 1 is 1.28 bits per heavy atom. The molecule has 96 valence electrons. The number of nitrogens with one attached hydrogen (secondary N) is 2. The molecule has 0 bridgehead atoms. The highest BCUT2D eigenvalue weighted by molar-refractivity contribution is 5.89. The second-order valence-corrected chi connectivity index (χ2v) is 3.73. The fourth-order valence-electron chi connectivity index (χ4n) is 1.26. The van der Waals surface area contributed by atoms with Gasteiger partial charge in [-0.25, -0.2) is 9.59 Å². The van der Waals surface area contributed by atoms with E-state index in [4.69, 9.17) is 5.11 Å². The summed E-state index contributed by atoms with van der Waals surface area (Å²) in [7, 11) is 0. The molecule has 5 nitrogen and oxygen atoms in total. The zero-order valence-electron chi connectivity index (χ0n) is 10.1. The van der Waals surface area contributed by atoms with Gasteiger partial charge in [-0.15, -0.1) is 0 Å². The molecule has 0 aromatic heterocycles. The molecule has 1 aromatic carbocycles. The number of anilines is 1. The molecule has 0 aliphatic rings. The summed E-state index contributed by atoms with van der Waals surface area (Å²) in [5, 5.41) is 13.9. The molecule has 3 N–H and O–H groups in total. The summed E-state index contributed by atoms with van der Waals surface area (Å²) in [6.45, 7) is 1.91. The number of aliphatic carboxylic acids is 1. The molecule has 0 aliphatic carbocycles. The Balaban J connectivity index is 2.26. The molecular weight excluding hydrogens is 232 g/mol. The van der Waals surface area contributed by atoms with Gasteiger partial charge in [-0.05, 0) is 25.5 Å². The van der Waals surface area contributed by atoms with E-state index in [2.05, 4.69) is 10.6 Å². The Morgan fingerprint density at radius 2 is 1.94 bits per heavy atom. The lowest BCUT2D eigenvalue weighted by molar-refractivity contribution is -0.132. The van der Waals surface area contributed by atoms with Crippen LogP contribution in [0.25, 0.3) is 0 Å². The second-order valence-electron chi connectivity index (χ2n) is 3.73. The lowest BCUT2D eigenvalue weighted by Gasteiger charge is -2.06. The molecule has 1 aromatic rings. The van der Waals surface area contributed by atoms with E-state index < -0.39 is 5.97 Å². The minimum atomic E-state index is -0.941. The van der Waals surface area contributed by atoms with Crippen molar-refractivity contribution in [1.82, 2.24) is 5.32 Å². The van der Waals surface area contributed by atoms with Crippen molar-refractivity contribution in [2.24, 2.45) is 0 Å². The predicted molar refractivity (Wildman–Crippen MR) is 69.5 cm³/mol. The summed E-state index contributed by atoms with van der Waals surface area (Å²) in [5.74, 6) is -0.941. The van der Waals surface area contributed by atoms with Crippen LogP contribution < -0.4 is 10.6 Å². The number of hydrogen-bond acceptors (Lipinski definition) is 2. The maximum absolute atomic E-state index is 11.4. The maximum Gasteiger partial charge on any atom is 0.330 e. The van der Waals surface area contributed by atoms with E-state index in [0.717, 1.165) is 0 Å². The number of carbonyl (C=O) groups is 2. The number of para-hydroxylation sites is 1. The van der Waals surface area contributed by atoms with E-state index in [1.165, 1.54) is 6.92 Å². The van der Waals surface area contributed by atoms with Crippen LogP contribution in [0, 0.1) is 0 Å². The molecule has 0 heterocycles. The summed E-state index contributed by atoms with van der Waals surface area (Å²) in [5.41, 5.74) is 0.993. The molecule has 0 radical (unpaired) electrons. The van der Waals surface area contributed by atoms with Crippen LogP contribution in [0.15, 0.2) is 42.0 Å². The first-order valence-electron chi connectivity index (χ1n) is 5.59. The van der Waals surface area contributed by atoms with E-state index in [1.807, 2.05) is 18.2 Å². The number of hydrogen-bond donors (Lipinski definition) is 3. The SMILES string of the molecule is C/C(=C\CCNC(=O)Nc1ccccc1)C(=O)O. The molecule has 2 amide bonds. The highest BCUT2D eigenvalue weighted by atomic mass is 16.4. The Bertz CT molecular complexity index is 441. The van der Waals surface area contributed by atoms with Gasteiger partial charge in [0.25, 0.3) is 0 Å². The van der Waals surface area contributed by atoms with E-state index in [1.54, 1.807) is 18.2 Å². The molecule has 0 aliphatic heterocycles. The van der Waals surface area contributed by atoms with Crippen LogP contribution in [0.4, 0.5) is 10.5 Å². The highest BCUT2D eigenvalue weighted by Gasteiger charge is 2.00. The predicted octanol–water partition coefficient (Wildman–Crippen LogP) is 2.23. The van der Waals surface area contributed by atoms with E-state index in [9.17, 15) is 9.59 Å². The summed E-state index contributed by atoms with van der Waals surface area (Å²) in [4.78, 5) is 21.9. The van der Waals surface area contributed by atoms with Gasteiger partial charge >= 0.3 is 12.0 Å². The van der Waals surface area contributed by atoms with Crippen LogP contribution in [-0.2, 0) is 4.79 Å². The zero-order chi connectivity index (χ0) is 13.4. The van der Waals surface area contributed by atoms with Gasteiger partial charge in [0, 0.05) is 17.8 Å². The van der Waals surface area contributed by atoms with Gasteiger partial charge in [-0.3, -0.25) is 0 Å². The van der Waals surface area contributed by atoms with Crippen molar-refractivity contribution >= 4 is 17.7 Å². The average molecular weight is 248 g/mol. The quantitative estimate of drug-likeness (QED) is 0.552. The molecule has 0 spiro atoms. The van der Waals surface area contributed by atoms with Gasteiger partial charge in [0.1, 0.15) is 0 Å². The third-order valence-electron chi connectivity index (χ3n) is 2.25. The van der Waals surface area contributed by atoms with Gasteiger partial charge in [-0.1, -0.05) is 24.3 Å². The van der Waals surface area contributed by atoms with Crippen molar-refractivity contribution in [3.8, 4) is 0 Å². The molecular formula is C13H16N2O3. The van der Waals surface area contributed by atoms with Gasteiger partial charge in [0.2, 0.25) is 0 Å². The van der Waals surface area contributed by atoms with Crippen molar-refractivity contribution in [3.05, 3.63) is 42.0 Å². The van der Waals surface area contributed by atoms with Gasteiger partial charge in [0.05, 0.1) is 0 Å². The summed E-state index contributed by atoms with van der Waals surface area (Å²) in [6, 6.07) is 8.79. The molecule has 0 unspecified atom stereocenters. The van der Waals surface area contributed by atoms with Crippen LogP contribution in [0.5, 0.6) is 0 Å². The van der Waals surface area contributed by atoms with Crippen LogP contribution in [-0.4, -0.2) is 23.7 Å². The number of benzene rings is 1. The first-order chi connectivity index (χ1) is 8.59. The lowest BCUT2D eigenvalue weighted by atomic mass is 10.2. The number of amides is 2. The maximum atomic E-state index is 11.4. The molecule has 0 saturated heterocycles. The normalized spacial score (nSPS) is 10.8. The van der Waals surface area contributed by atoms with Crippen LogP contribution in [0.2, 0.25) is 0 Å². The zero-order valence-corrected chi connectivity index (χ0v) is 10.1. The topological polar surface area (TPSA) is 78.4 Å². The standard InChI is InChI=1S/C13H16N2O3/c1-10(12(16)17)6-5-9-14-13(18)15-11-7-3-2-4-8-11/h2-4,6-8H,5,9H2,1H3,(H,16,17)(H2,14,15,18)/b10-6+. The van der Waals surface area contributed by atoms with Crippen molar-refractivity contribution < 1.29 is 14.7 Å². The number of carbonyl (C=O) groups excluding carboxylic acids is 1. The first kappa shape index (κ1) is 13.8. The Hall–Kier alpha value is -2.30. The summed E-state index contributed by atoms with van der Waals surface area (Å²) < 4.78 is 0. The third kappa shape index (κ3) is 5.16. The van der Waals surface area contributed by atoms with Crippen molar-refractivity contribution in [2.45, 2.75) is 13.3 Å². The molecule has 0 fully saturated rings. The molecule has 0 atom stereocenters. The van der Waals surface area contributed by atoms with Crippen LogP contribution in [0.1, 0.15) is 13.3 Å². The molecule has 18 heavy (non-hydrogen) atoms. The Kier molecular flexibility index (Phi) is 5.44. The monoisotopic (exact) mass is 248 g/mol. The summed E-state index contributed by atoms with van der Waals surface area (Å²) in [6.07, 6.45) is 2.06. The van der Waals surface area contributed by atoms with Crippen LogP contribution >= 0.6 is 0 Å². The van der Waals surface area contributed by atoms with Crippen LogP contribution in [0.3, 0.4) is 0 Å². The average Bonchev–Trinajstić information content (AvgIpc) is 2.35. The third-order valence-corrected chi connectivity index (χ3v) is 2.25. The Morgan fingerprint density at radius 3 is 2.56 bits per heavy atom. The summed E-state index contributed by atoms with van der Waals surface area (Å²) >= 11 is 0. The number of rotatable bonds is 5. The smallest absolute Gasteiger partial charge is 0.330 e. The fraction of sp³-hybridized carbons (Fsp3) is 0.231. The van der Waals surface area contributed by atoms with Gasteiger partial charge < -0.3 is 15.7 Å². The lowest BCUT2D eigenvalue weighted by Crippen LogP contribution is -2.29. The van der Waals surface area contributed by atoms with E-state index >= 15 is 0 Å². The minimum absolute atomic E-state index is 0.278. The van der Waals surface area contributed by atoms with E-state index in [0.29, 0.717) is 18.7 Å². The molecule has 0 saturated carbocycles. The van der Waals surface area contributed by atoms with Gasteiger partial charge in [-0.2, -0.15) is 0 Å².